The number of hydrogen-bond acceptors (Lipinski definition) is 10. The second-order valence-electron chi connectivity index (χ2n) is 14.9. The zero-order chi connectivity index (χ0) is 43.3. The summed E-state index contributed by atoms with van der Waals surface area (Å²) in [6, 6.07) is 5.37. The molecule has 0 spiro atoms. The molecule has 0 fully saturated rings. The summed E-state index contributed by atoms with van der Waals surface area (Å²) < 4.78 is 71.1. The molecule has 11 nitrogen and oxygen atoms in total. The fourth-order valence-electron chi connectivity index (χ4n) is 5.79. The maximum Gasteiger partial charge on any atom is 0.471 e. The molecule has 0 aromatic carbocycles. The highest BCUT2D eigenvalue weighted by Gasteiger charge is 2.38. The molecule has 2 atom stereocenters. The lowest BCUT2D eigenvalue weighted by Crippen LogP contribution is -2.37. The Labute approximate surface area is 343 Å². The number of nitriles is 2. The molecule has 56 heavy (non-hydrogen) atoms. The van der Waals surface area contributed by atoms with Gasteiger partial charge in [-0.1, -0.05) is 77.0 Å². The molecular weight excluding hydrogens is 763 g/mol. The van der Waals surface area contributed by atoms with Crippen molar-refractivity contribution in [2.45, 2.75) is 201 Å². The summed E-state index contributed by atoms with van der Waals surface area (Å²) in [6.45, 7) is 19.7. The number of nitrogens with one attached hydrogen (secondary N) is 1. The van der Waals surface area contributed by atoms with Gasteiger partial charge in [0.2, 0.25) is 0 Å². The van der Waals surface area contributed by atoms with Crippen LogP contribution in [0.15, 0.2) is 0 Å². The van der Waals surface area contributed by atoms with E-state index >= 15 is 0 Å². The van der Waals surface area contributed by atoms with Gasteiger partial charge in [0.05, 0.1) is 51.4 Å². The minimum atomic E-state index is -4.82. The van der Waals surface area contributed by atoms with Crippen LogP contribution in [-0.4, -0.2) is 85.1 Å². The molecule has 0 aliphatic heterocycles. The van der Waals surface area contributed by atoms with Crippen molar-refractivity contribution in [2.75, 3.05) is 39.5 Å². The third-order valence-corrected chi connectivity index (χ3v) is 12.6. The summed E-state index contributed by atoms with van der Waals surface area (Å²) in [5.41, 5.74) is 2.46. The molecule has 0 aliphatic carbocycles. The SMILES string of the molecule is CC(C)N(C(C)C)P(OCCC#N)OCCCCCCNC(=O)C(F)(F)F.[3H]NCCCCCCCCCCCCCCOP(OCCC#N)N(C(C)C)C(C)C. The average Bonchev–Trinajstić information content (AvgIpc) is 3.13. The summed E-state index contributed by atoms with van der Waals surface area (Å²) in [7, 11) is -2.35. The molecule has 0 heterocycles. The van der Waals surface area contributed by atoms with E-state index in [4.69, 9.17) is 30.0 Å². The first-order valence-corrected chi connectivity index (χ1v) is 23.3. The molecule has 330 valence electrons. The van der Waals surface area contributed by atoms with Crippen LogP contribution in [0.2, 0.25) is 1.41 Å². The molecule has 0 radical (unpaired) electrons. The molecular formula is C40H79F3N6O5P2. The topological polar surface area (TPSA) is 146 Å². The summed E-state index contributed by atoms with van der Waals surface area (Å²) in [6.07, 6.45) is 14.0. The standard InChI is InChI=1S/C23H48N3O2P.C17H31F3N3O3P/c1-22(2)26(23(3)4)29(28-21-17-19-25)27-20-16-14-12-10-8-6-5-7-9-11-13-15-18-24;1-14(2)23(15(3)4)27(26-13-9-10-21)25-12-8-6-5-7-11-22-16(24)17(18,19)20/h22-23H,5-18,20-21,24H2,1-4H3;14-15H,5-9,11-13H2,1-4H3,(H,22,24)/i/hT. The van der Waals surface area contributed by atoms with Crippen molar-refractivity contribution in [3.63, 3.8) is 0 Å². The highest BCUT2D eigenvalue weighted by Crippen LogP contribution is 2.47. The fourth-order valence-corrected chi connectivity index (χ4v) is 9.05. The van der Waals surface area contributed by atoms with Crippen molar-refractivity contribution in [2.24, 2.45) is 5.73 Å². The normalized spacial score (nSPS) is 13.2. The van der Waals surface area contributed by atoms with Gasteiger partial charge in [-0.2, -0.15) is 23.7 Å². The molecule has 0 saturated heterocycles. The molecule has 0 aliphatic rings. The van der Waals surface area contributed by atoms with Gasteiger partial charge in [-0.05, 0) is 87.6 Å². The van der Waals surface area contributed by atoms with Crippen molar-refractivity contribution < 1.29 is 37.5 Å². The lowest BCUT2D eigenvalue weighted by atomic mass is 10.1. The third kappa shape index (κ3) is 32.7. The minimum Gasteiger partial charge on any atom is -0.348 e. The Kier molecular flexibility index (Phi) is 37.2. The van der Waals surface area contributed by atoms with Gasteiger partial charge in [-0.25, -0.2) is 9.34 Å². The van der Waals surface area contributed by atoms with Crippen LogP contribution in [-0.2, 0) is 22.9 Å². The molecule has 0 rings (SSSR count). The van der Waals surface area contributed by atoms with Crippen molar-refractivity contribution in [3.05, 3.63) is 0 Å². The summed E-state index contributed by atoms with van der Waals surface area (Å²) in [4.78, 5) is 10.7. The van der Waals surface area contributed by atoms with E-state index in [0.29, 0.717) is 57.6 Å². The van der Waals surface area contributed by atoms with Crippen LogP contribution in [0.1, 0.15) is 171 Å². The number of halogens is 3. The number of hydrogen-bond donors (Lipinski definition) is 2. The van der Waals surface area contributed by atoms with Gasteiger partial charge in [0.25, 0.3) is 17.1 Å². The molecule has 3 N–H and O–H groups in total. The Morgan fingerprint density at radius 1 is 0.607 bits per heavy atom. The van der Waals surface area contributed by atoms with Gasteiger partial charge < -0.3 is 29.1 Å². The van der Waals surface area contributed by atoms with Crippen LogP contribution >= 0.6 is 17.1 Å². The lowest BCUT2D eigenvalue weighted by molar-refractivity contribution is -0.173. The van der Waals surface area contributed by atoms with Crippen molar-refractivity contribution in [1.29, 1.82) is 10.5 Å². The smallest absolute Gasteiger partial charge is 0.348 e. The van der Waals surface area contributed by atoms with Crippen molar-refractivity contribution in [1.82, 2.24) is 14.7 Å². The minimum absolute atomic E-state index is 0.0116. The molecule has 1 amide bonds. The highest BCUT2D eigenvalue weighted by atomic mass is 31.2. The van der Waals surface area contributed by atoms with Crippen LogP contribution in [0.3, 0.4) is 0 Å². The number of unbranched alkanes of at least 4 members (excludes halogenated alkanes) is 14. The Morgan fingerprint density at radius 2 is 0.929 bits per heavy atom. The Balaban J connectivity index is 0. The summed E-state index contributed by atoms with van der Waals surface area (Å²) >= 11 is 0. The summed E-state index contributed by atoms with van der Waals surface area (Å²) in [5, 5.41) is 19.3. The first kappa shape index (κ1) is 54.8. The van der Waals surface area contributed by atoms with E-state index in [-0.39, 0.29) is 18.6 Å². The number of carbonyl (C=O) groups excluding carboxylic acids is 1. The Morgan fingerprint density at radius 3 is 1.25 bits per heavy atom. The number of carbonyl (C=O) groups is 1. The monoisotopic (exact) mass is 845 g/mol. The maximum atomic E-state index is 12.0. The quantitative estimate of drug-likeness (QED) is 0.0461. The molecule has 16 heteroatoms. The van der Waals surface area contributed by atoms with E-state index in [1.54, 1.807) is 0 Å². The van der Waals surface area contributed by atoms with Crippen molar-refractivity contribution in [3.8, 4) is 12.1 Å². The second-order valence-corrected chi connectivity index (χ2v) is 17.8. The van der Waals surface area contributed by atoms with Gasteiger partial charge in [0, 0.05) is 30.7 Å². The van der Waals surface area contributed by atoms with E-state index < -0.39 is 29.1 Å². The Bertz CT molecular complexity index is 1010. The first-order chi connectivity index (χ1) is 27.1. The molecule has 0 bridgehead atoms. The predicted molar refractivity (Wildman–Crippen MR) is 224 cm³/mol. The zero-order valence-corrected chi connectivity index (χ0v) is 37.9. The van der Waals surface area contributed by atoms with E-state index in [1.165, 1.54) is 64.2 Å². The van der Waals surface area contributed by atoms with E-state index in [9.17, 15) is 18.0 Å². The van der Waals surface area contributed by atoms with Crippen LogP contribution in [0.5, 0.6) is 0 Å². The highest BCUT2D eigenvalue weighted by molar-refractivity contribution is 7.44. The van der Waals surface area contributed by atoms with Gasteiger partial charge in [0.15, 0.2) is 0 Å². The van der Waals surface area contributed by atoms with Gasteiger partial charge in [-0.15, -0.1) is 0 Å². The lowest BCUT2D eigenvalue weighted by Gasteiger charge is -2.35. The average molecular weight is 845 g/mol. The van der Waals surface area contributed by atoms with Crippen molar-refractivity contribution >= 4 is 23.0 Å². The van der Waals surface area contributed by atoms with Gasteiger partial charge in [-0.3, -0.25) is 4.79 Å². The van der Waals surface area contributed by atoms with Crippen LogP contribution in [0, 0.1) is 22.7 Å². The molecule has 0 aromatic rings. The largest absolute Gasteiger partial charge is 0.471 e. The van der Waals surface area contributed by atoms with Crippen LogP contribution in [0.25, 0.3) is 0 Å². The number of rotatable bonds is 36. The number of alkyl halides is 3. The number of amides is 1. The number of nitrogens with two attached hydrogens (primary N) is 1. The second kappa shape index (κ2) is 38.0. The Hall–Kier alpha value is -1.18. The van der Waals surface area contributed by atoms with E-state index in [1.807, 2.05) is 11.4 Å². The van der Waals surface area contributed by atoms with E-state index in [2.05, 4.69) is 76.5 Å². The molecule has 0 aromatic heterocycles. The molecule has 2 unspecified atom stereocenters. The zero-order valence-electron chi connectivity index (χ0n) is 37.1. The van der Waals surface area contributed by atoms with Gasteiger partial charge >= 0.3 is 12.1 Å². The van der Waals surface area contributed by atoms with Crippen LogP contribution < -0.4 is 11.0 Å². The maximum absolute atomic E-state index is 12.0. The molecule has 0 saturated carbocycles. The van der Waals surface area contributed by atoms with Crippen LogP contribution in [0.4, 0.5) is 13.2 Å². The van der Waals surface area contributed by atoms with E-state index in [0.717, 1.165) is 38.8 Å². The van der Waals surface area contributed by atoms with Gasteiger partial charge in [0.1, 0.15) is 1.41 Å². The predicted octanol–water partition coefficient (Wildman–Crippen LogP) is 11.4. The summed E-state index contributed by atoms with van der Waals surface area (Å²) in [5.74, 6) is -1.89. The first-order valence-electron chi connectivity index (χ1n) is 21.6. The number of nitrogens with zero attached hydrogens (tertiary/aromatic N) is 4. The fraction of sp³-hybridized carbons (Fsp3) is 0.925. The third-order valence-electron chi connectivity index (χ3n) is 8.41.